The number of aliphatic hydroxyl groups excluding tert-OH is 1. The van der Waals surface area contributed by atoms with Crippen LogP contribution in [0.2, 0.25) is 0 Å². The minimum atomic E-state index is 0.0121. The van der Waals surface area contributed by atoms with Crippen LogP contribution in [0.1, 0.15) is 38.5 Å². The summed E-state index contributed by atoms with van der Waals surface area (Å²) in [5.74, 6) is 1.65. The summed E-state index contributed by atoms with van der Waals surface area (Å²) in [4.78, 5) is 0. The molecule has 0 aromatic rings. The molecule has 0 aromatic heterocycles. The van der Waals surface area contributed by atoms with Crippen molar-refractivity contribution in [1.29, 1.82) is 0 Å². The van der Waals surface area contributed by atoms with E-state index in [1.54, 1.807) is 0 Å². The molecule has 2 aliphatic rings. The molecular weight excluding hydrogens is 148 g/mol. The Kier molecular flexibility index (Phi) is 2.50. The lowest BCUT2D eigenvalue weighted by molar-refractivity contribution is 0.174. The van der Waals surface area contributed by atoms with Gasteiger partial charge in [-0.2, -0.15) is 0 Å². The molecule has 68 valence electrons. The van der Waals surface area contributed by atoms with Crippen LogP contribution in [0.25, 0.3) is 0 Å². The van der Waals surface area contributed by atoms with Crippen LogP contribution in [0, 0.1) is 11.8 Å². The number of rotatable bonds is 0. The lowest BCUT2D eigenvalue weighted by Gasteiger charge is -2.19. The summed E-state index contributed by atoms with van der Waals surface area (Å²) in [5.41, 5.74) is 0. The van der Waals surface area contributed by atoms with Crippen molar-refractivity contribution in [1.82, 2.24) is 0 Å². The van der Waals surface area contributed by atoms with Gasteiger partial charge in [-0.15, -0.1) is 0 Å². The van der Waals surface area contributed by atoms with Gasteiger partial charge in [-0.3, -0.25) is 0 Å². The second-order valence-electron chi connectivity index (χ2n) is 4.27. The molecule has 0 bridgehead atoms. The van der Waals surface area contributed by atoms with Crippen molar-refractivity contribution >= 4 is 0 Å². The van der Waals surface area contributed by atoms with Gasteiger partial charge in [-0.1, -0.05) is 12.2 Å². The number of hydrogen-bond donors (Lipinski definition) is 1. The normalized spacial score (nSPS) is 41.9. The highest BCUT2D eigenvalue weighted by atomic mass is 16.3. The second kappa shape index (κ2) is 3.61. The fourth-order valence-corrected chi connectivity index (χ4v) is 2.74. The molecule has 0 aromatic carbocycles. The minimum Gasteiger partial charge on any atom is -0.393 e. The molecule has 0 spiro atoms. The Hall–Kier alpha value is -0.300. The van der Waals surface area contributed by atoms with Gasteiger partial charge in [0.2, 0.25) is 0 Å². The quantitative estimate of drug-likeness (QED) is 0.548. The van der Waals surface area contributed by atoms with Crippen molar-refractivity contribution in [3.05, 3.63) is 12.2 Å². The Labute approximate surface area is 74.5 Å². The Morgan fingerprint density at radius 2 is 1.42 bits per heavy atom. The highest BCUT2D eigenvalue weighted by molar-refractivity contribution is 4.91. The van der Waals surface area contributed by atoms with E-state index in [0.29, 0.717) is 0 Å². The van der Waals surface area contributed by atoms with Gasteiger partial charge in [0, 0.05) is 0 Å². The summed E-state index contributed by atoms with van der Waals surface area (Å²) in [6.07, 6.45) is 11.8. The lowest BCUT2D eigenvalue weighted by Crippen LogP contribution is -2.08. The van der Waals surface area contributed by atoms with Gasteiger partial charge in [0.15, 0.2) is 0 Å². The molecule has 0 radical (unpaired) electrons. The standard InChI is InChI=1S/C11H18O/c12-11-7-9-5-3-1-2-4-6-10(9)8-11/h1-2,9-12H,3-8H2. The van der Waals surface area contributed by atoms with Crippen LogP contribution in [0.3, 0.4) is 0 Å². The Morgan fingerprint density at radius 3 is 1.92 bits per heavy atom. The molecule has 1 saturated carbocycles. The molecule has 12 heavy (non-hydrogen) atoms. The monoisotopic (exact) mass is 166 g/mol. The van der Waals surface area contributed by atoms with Gasteiger partial charge in [-0.25, -0.2) is 0 Å². The third-order valence-corrected chi connectivity index (χ3v) is 3.39. The van der Waals surface area contributed by atoms with E-state index in [1.165, 1.54) is 25.7 Å². The van der Waals surface area contributed by atoms with Crippen LogP contribution < -0.4 is 0 Å². The first-order chi connectivity index (χ1) is 5.86. The van der Waals surface area contributed by atoms with Gasteiger partial charge in [-0.05, 0) is 50.4 Å². The van der Waals surface area contributed by atoms with E-state index in [1.807, 2.05) is 0 Å². The zero-order chi connectivity index (χ0) is 8.39. The third-order valence-electron chi connectivity index (χ3n) is 3.39. The summed E-state index contributed by atoms with van der Waals surface area (Å²) in [7, 11) is 0. The summed E-state index contributed by atoms with van der Waals surface area (Å²) >= 11 is 0. The number of allylic oxidation sites excluding steroid dienone is 2. The van der Waals surface area contributed by atoms with Crippen LogP contribution >= 0.6 is 0 Å². The van der Waals surface area contributed by atoms with Crippen molar-refractivity contribution in [2.45, 2.75) is 44.6 Å². The third kappa shape index (κ3) is 1.71. The zero-order valence-electron chi connectivity index (χ0n) is 7.58. The number of aliphatic hydroxyl groups is 1. The van der Waals surface area contributed by atoms with E-state index in [9.17, 15) is 5.11 Å². The van der Waals surface area contributed by atoms with Crippen LogP contribution in [0.4, 0.5) is 0 Å². The smallest absolute Gasteiger partial charge is 0.0545 e. The molecular formula is C11H18O. The van der Waals surface area contributed by atoms with Crippen LogP contribution in [-0.2, 0) is 0 Å². The highest BCUT2D eigenvalue weighted by Crippen LogP contribution is 2.38. The van der Waals surface area contributed by atoms with E-state index >= 15 is 0 Å². The van der Waals surface area contributed by atoms with E-state index in [2.05, 4.69) is 12.2 Å². The lowest BCUT2D eigenvalue weighted by atomic mass is 9.86. The van der Waals surface area contributed by atoms with Gasteiger partial charge in [0.05, 0.1) is 6.10 Å². The molecule has 2 aliphatic carbocycles. The maximum Gasteiger partial charge on any atom is 0.0545 e. The van der Waals surface area contributed by atoms with Gasteiger partial charge >= 0.3 is 0 Å². The molecule has 0 amide bonds. The summed E-state index contributed by atoms with van der Waals surface area (Å²) in [6, 6.07) is 0. The molecule has 0 aliphatic heterocycles. The topological polar surface area (TPSA) is 20.2 Å². The van der Waals surface area contributed by atoms with Gasteiger partial charge in [0.1, 0.15) is 0 Å². The number of hydrogen-bond acceptors (Lipinski definition) is 1. The Balaban J connectivity index is 1.98. The van der Waals surface area contributed by atoms with E-state index in [-0.39, 0.29) is 6.10 Å². The predicted octanol–water partition coefficient (Wildman–Crippen LogP) is 2.50. The molecule has 2 atom stereocenters. The van der Waals surface area contributed by atoms with E-state index in [0.717, 1.165) is 24.7 Å². The second-order valence-corrected chi connectivity index (χ2v) is 4.27. The Morgan fingerprint density at radius 1 is 0.917 bits per heavy atom. The molecule has 1 fully saturated rings. The van der Waals surface area contributed by atoms with Crippen molar-refractivity contribution in [3.8, 4) is 0 Å². The number of fused-ring (bicyclic) bond motifs is 1. The first-order valence-corrected chi connectivity index (χ1v) is 5.19. The van der Waals surface area contributed by atoms with Gasteiger partial charge < -0.3 is 5.11 Å². The molecule has 0 heterocycles. The fourth-order valence-electron chi connectivity index (χ4n) is 2.74. The average Bonchev–Trinajstić information content (AvgIpc) is 2.32. The predicted molar refractivity (Wildman–Crippen MR) is 49.8 cm³/mol. The molecule has 1 nitrogen and oxygen atoms in total. The van der Waals surface area contributed by atoms with Crippen LogP contribution in [0.5, 0.6) is 0 Å². The average molecular weight is 166 g/mol. The fraction of sp³-hybridized carbons (Fsp3) is 0.818. The minimum absolute atomic E-state index is 0.0121. The van der Waals surface area contributed by atoms with Crippen molar-refractivity contribution in [2.75, 3.05) is 0 Å². The maximum atomic E-state index is 9.52. The van der Waals surface area contributed by atoms with E-state index < -0.39 is 0 Å². The SMILES string of the molecule is OC1CC2CCC=CCCC2C1. The van der Waals surface area contributed by atoms with E-state index in [4.69, 9.17) is 0 Å². The summed E-state index contributed by atoms with van der Waals surface area (Å²) in [5, 5.41) is 9.52. The molecule has 2 rings (SSSR count). The molecule has 0 saturated heterocycles. The van der Waals surface area contributed by atoms with Crippen molar-refractivity contribution < 1.29 is 5.11 Å². The first kappa shape index (κ1) is 8.31. The van der Waals surface area contributed by atoms with Gasteiger partial charge in [0.25, 0.3) is 0 Å². The largest absolute Gasteiger partial charge is 0.393 e. The molecule has 1 N–H and O–H groups in total. The summed E-state index contributed by atoms with van der Waals surface area (Å²) in [6.45, 7) is 0. The first-order valence-electron chi connectivity index (χ1n) is 5.19. The van der Waals surface area contributed by atoms with Crippen molar-refractivity contribution in [3.63, 3.8) is 0 Å². The summed E-state index contributed by atoms with van der Waals surface area (Å²) < 4.78 is 0. The molecule has 1 heteroatoms. The highest BCUT2D eigenvalue weighted by Gasteiger charge is 2.32. The van der Waals surface area contributed by atoms with Crippen molar-refractivity contribution in [2.24, 2.45) is 11.8 Å². The van der Waals surface area contributed by atoms with Crippen LogP contribution in [-0.4, -0.2) is 11.2 Å². The maximum absolute atomic E-state index is 9.52. The zero-order valence-corrected chi connectivity index (χ0v) is 7.58. The Bertz CT molecular complexity index is 156. The van der Waals surface area contributed by atoms with Crippen LogP contribution in [0.15, 0.2) is 12.2 Å². The molecule has 2 unspecified atom stereocenters.